The smallest absolute Gasteiger partial charge is 0.241 e. The zero-order valence-electron chi connectivity index (χ0n) is 8.51. The monoisotopic (exact) mass is 214 g/mol. The van der Waals surface area contributed by atoms with Crippen LogP contribution < -0.4 is 5.73 Å². The average Bonchev–Trinajstić information content (AvgIpc) is 2.27. The molecular formula is C12H10N2O2. The van der Waals surface area contributed by atoms with Crippen molar-refractivity contribution in [2.24, 2.45) is 5.73 Å². The lowest BCUT2D eigenvalue weighted by Gasteiger charge is -1.97. The molecule has 0 aromatic heterocycles. The van der Waals surface area contributed by atoms with E-state index in [2.05, 4.69) is 0 Å². The van der Waals surface area contributed by atoms with E-state index in [0.717, 1.165) is 5.56 Å². The highest BCUT2D eigenvalue weighted by molar-refractivity contribution is 5.97. The van der Waals surface area contributed by atoms with Gasteiger partial charge in [0.15, 0.2) is 5.78 Å². The number of ketones is 1. The van der Waals surface area contributed by atoms with Gasteiger partial charge in [-0.05, 0) is 11.6 Å². The molecule has 0 saturated carbocycles. The highest BCUT2D eigenvalue weighted by atomic mass is 16.1. The van der Waals surface area contributed by atoms with Gasteiger partial charge < -0.3 is 5.73 Å². The number of carbonyl (C=O) groups excluding carboxylic acids is 2. The van der Waals surface area contributed by atoms with Crippen LogP contribution in [0.5, 0.6) is 0 Å². The molecule has 0 aliphatic rings. The zero-order chi connectivity index (χ0) is 12.0. The minimum absolute atomic E-state index is 0.129. The van der Waals surface area contributed by atoms with Crippen molar-refractivity contribution in [2.45, 2.75) is 6.42 Å². The fraction of sp³-hybridized carbons (Fsp3) is 0.0833. The Morgan fingerprint density at radius 3 is 2.44 bits per heavy atom. The molecule has 0 fully saturated rings. The van der Waals surface area contributed by atoms with Crippen molar-refractivity contribution in [3.63, 3.8) is 0 Å². The van der Waals surface area contributed by atoms with Gasteiger partial charge in [0.05, 0.1) is 12.5 Å². The Kier molecular flexibility index (Phi) is 3.98. The largest absolute Gasteiger partial charge is 0.366 e. The van der Waals surface area contributed by atoms with Crippen LogP contribution in [0.4, 0.5) is 0 Å². The van der Waals surface area contributed by atoms with Crippen LogP contribution in [0.1, 0.15) is 22.3 Å². The minimum atomic E-state index is -0.523. The number of amides is 1. The molecule has 0 saturated heterocycles. The SMILES string of the molecule is N#CCC(=O)c1ccc(C=CC(N)=O)cc1. The fourth-order valence-electron chi connectivity index (χ4n) is 1.13. The summed E-state index contributed by atoms with van der Waals surface area (Å²) in [6, 6.07) is 8.39. The summed E-state index contributed by atoms with van der Waals surface area (Å²) in [4.78, 5) is 21.8. The number of primary amides is 1. The predicted molar refractivity (Wildman–Crippen MR) is 59.2 cm³/mol. The van der Waals surface area contributed by atoms with Gasteiger partial charge in [0.1, 0.15) is 0 Å². The second-order valence-electron chi connectivity index (χ2n) is 3.12. The van der Waals surface area contributed by atoms with E-state index < -0.39 is 5.91 Å². The average molecular weight is 214 g/mol. The van der Waals surface area contributed by atoms with Crippen LogP contribution >= 0.6 is 0 Å². The Morgan fingerprint density at radius 1 is 1.31 bits per heavy atom. The number of nitrogens with zero attached hydrogens (tertiary/aromatic N) is 1. The first-order valence-corrected chi connectivity index (χ1v) is 4.61. The molecule has 0 radical (unpaired) electrons. The number of hydrogen-bond donors (Lipinski definition) is 1. The molecule has 0 aliphatic carbocycles. The van der Waals surface area contributed by atoms with Gasteiger partial charge in [0.2, 0.25) is 5.91 Å². The van der Waals surface area contributed by atoms with Gasteiger partial charge in [-0.15, -0.1) is 0 Å². The molecule has 0 aliphatic heterocycles. The highest BCUT2D eigenvalue weighted by Crippen LogP contribution is 2.08. The highest BCUT2D eigenvalue weighted by Gasteiger charge is 2.03. The Balaban J connectivity index is 2.80. The maximum absolute atomic E-state index is 11.3. The van der Waals surface area contributed by atoms with Gasteiger partial charge in [-0.1, -0.05) is 24.3 Å². The Bertz CT molecular complexity index is 467. The van der Waals surface area contributed by atoms with Gasteiger partial charge in [-0.3, -0.25) is 9.59 Å². The van der Waals surface area contributed by atoms with Gasteiger partial charge in [0.25, 0.3) is 0 Å². The molecule has 16 heavy (non-hydrogen) atoms. The quantitative estimate of drug-likeness (QED) is 0.605. The first kappa shape index (κ1) is 11.7. The molecule has 1 rings (SSSR count). The standard InChI is InChI=1S/C12H10N2O2/c13-8-7-11(15)10-4-1-9(2-5-10)3-6-12(14)16/h1-6H,7H2,(H2,14,16). The van der Waals surface area contributed by atoms with Crippen molar-refractivity contribution in [3.8, 4) is 6.07 Å². The third-order valence-corrected chi connectivity index (χ3v) is 1.91. The van der Waals surface area contributed by atoms with E-state index in [1.165, 1.54) is 6.08 Å². The molecular weight excluding hydrogens is 204 g/mol. The Labute approximate surface area is 93.0 Å². The van der Waals surface area contributed by atoms with Gasteiger partial charge in [0, 0.05) is 11.6 Å². The topological polar surface area (TPSA) is 83.9 Å². The Morgan fingerprint density at radius 2 is 1.94 bits per heavy atom. The fourth-order valence-corrected chi connectivity index (χ4v) is 1.13. The van der Waals surface area contributed by atoms with E-state index >= 15 is 0 Å². The predicted octanol–water partition coefficient (Wildman–Crippen LogP) is 1.28. The normalized spacial score (nSPS) is 9.94. The first-order chi connectivity index (χ1) is 7.63. The summed E-state index contributed by atoms with van der Waals surface area (Å²) in [5.41, 5.74) is 6.20. The van der Waals surface area contributed by atoms with E-state index in [0.29, 0.717) is 5.56 Å². The maximum Gasteiger partial charge on any atom is 0.241 e. The summed E-state index contributed by atoms with van der Waals surface area (Å²) in [6.45, 7) is 0. The van der Waals surface area contributed by atoms with Crippen LogP contribution in [0, 0.1) is 11.3 Å². The van der Waals surface area contributed by atoms with E-state index in [9.17, 15) is 9.59 Å². The summed E-state index contributed by atoms with van der Waals surface area (Å²) >= 11 is 0. The number of carbonyl (C=O) groups is 2. The van der Waals surface area contributed by atoms with E-state index in [-0.39, 0.29) is 12.2 Å². The van der Waals surface area contributed by atoms with Crippen LogP contribution in [0.25, 0.3) is 6.08 Å². The number of Topliss-reactive ketones (excluding diaryl/α,β-unsaturated/α-hetero) is 1. The van der Waals surface area contributed by atoms with Crippen LogP contribution in [0.3, 0.4) is 0 Å². The molecule has 0 spiro atoms. The molecule has 1 amide bonds. The van der Waals surface area contributed by atoms with Gasteiger partial charge in [-0.2, -0.15) is 5.26 Å². The summed E-state index contributed by atoms with van der Waals surface area (Å²) in [7, 11) is 0. The van der Waals surface area contributed by atoms with Crippen molar-refractivity contribution in [1.82, 2.24) is 0 Å². The molecule has 0 unspecified atom stereocenters. The molecule has 80 valence electrons. The third kappa shape index (κ3) is 3.39. The maximum atomic E-state index is 11.3. The lowest BCUT2D eigenvalue weighted by molar-refractivity contribution is -0.113. The molecule has 0 bridgehead atoms. The summed E-state index contributed by atoms with van der Waals surface area (Å²) in [5, 5.41) is 8.36. The van der Waals surface area contributed by atoms with Gasteiger partial charge in [-0.25, -0.2) is 0 Å². The molecule has 0 heterocycles. The van der Waals surface area contributed by atoms with Crippen molar-refractivity contribution >= 4 is 17.8 Å². The van der Waals surface area contributed by atoms with E-state index in [1.54, 1.807) is 36.4 Å². The van der Waals surface area contributed by atoms with Crippen molar-refractivity contribution in [1.29, 1.82) is 5.26 Å². The lowest BCUT2D eigenvalue weighted by atomic mass is 10.1. The van der Waals surface area contributed by atoms with Crippen LogP contribution in [0.2, 0.25) is 0 Å². The van der Waals surface area contributed by atoms with E-state index in [4.69, 9.17) is 11.0 Å². The van der Waals surface area contributed by atoms with Crippen LogP contribution in [-0.2, 0) is 4.79 Å². The van der Waals surface area contributed by atoms with Gasteiger partial charge >= 0.3 is 0 Å². The number of benzene rings is 1. The number of rotatable bonds is 4. The summed E-state index contributed by atoms with van der Waals surface area (Å²) < 4.78 is 0. The summed E-state index contributed by atoms with van der Waals surface area (Å²) in [5.74, 6) is -0.738. The lowest BCUT2D eigenvalue weighted by Crippen LogP contribution is -2.05. The summed E-state index contributed by atoms with van der Waals surface area (Å²) in [6.07, 6.45) is 2.67. The minimum Gasteiger partial charge on any atom is -0.366 e. The molecule has 1 aromatic carbocycles. The number of nitrogens with two attached hydrogens (primary N) is 1. The number of hydrogen-bond acceptors (Lipinski definition) is 3. The van der Waals surface area contributed by atoms with Crippen LogP contribution in [0.15, 0.2) is 30.3 Å². The van der Waals surface area contributed by atoms with Crippen molar-refractivity contribution < 1.29 is 9.59 Å². The number of nitriles is 1. The third-order valence-electron chi connectivity index (χ3n) is 1.91. The first-order valence-electron chi connectivity index (χ1n) is 4.61. The van der Waals surface area contributed by atoms with Crippen LogP contribution in [-0.4, -0.2) is 11.7 Å². The molecule has 2 N–H and O–H groups in total. The zero-order valence-corrected chi connectivity index (χ0v) is 8.51. The molecule has 0 atom stereocenters. The molecule has 1 aromatic rings. The Hall–Kier alpha value is -2.41. The second-order valence-corrected chi connectivity index (χ2v) is 3.12. The molecule has 4 nitrogen and oxygen atoms in total. The molecule has 4 heteroatoms. The van der Waals surface area contributed by atoms with Crippen molar-refractivity contribution in [3.05, 3.63) is 41.5 Å². The van der Waals surface area contributed by atoms with E-state index in [1.807, 2.05) is 0 Å². The van der Waals surface area contributed by atoms with Crippen molar-refractivity contribution in [2.75, 3.05) is 0 Å². The second kappa shape index (κ2) is 5.47.